The molecule has 0 saturated carbocycles. The van der Waals surface area contributed by atoms with E-state index < -0.39 is 40.8 Å². The molecule has 0 bridgehead atoms. The van der Waals surface area contributed by atoms with Crippen molar-refractivity contribution < 1.29 is 44.3 Å². The highest BCUT2D eigenvalue weighted by Crippen LogP contribution is 2.53. The van der Waals surface area contributed by atoms with Gasteiger partial charge in [-0.25, -0.2) is 0 Å². The first-order valence-electron chi connectivity index (χ1n) is 3.52. The average Bonchev–Trinajstić information content (AvgIpc) is 2.13. The van der Waals surface area contributed by atoms with Gasteiger partial charge in [-0.1, -0.05) is 11.8 Å². The van der Waals surface area contributed by atoms with Crippen molar-refractivity contribution in [2.24, 2.45) is 0 Å². The van der Waals surface area contributed by atoms with E-state index in [2.05, 4.69) is 0 Å². The van der Waals surface area contributed by atoms with Crippen LogP contribution in [-0.4, -0.2) is 35.3 Å². The highest BCUT2D eigenvalue weighted by atomic mass is 32.2. The molecule has 0 aromatic heterocycles. The third-order valence-corrected chi connectivity index (χ3v) is 2.21. The minimum atomic E-state index is -7.02. The molecule has 0 aliphatic rings. The predicted molar refractivity (Wildman–Crippen MR) is 39.4 cm³/mol. The number of carbonyl (C=O) groups excluding carboxylic acids is 1. The Labute approximate surface area is 92.3 Å². The molecular formula is C6H3F9OS. The quantitative estimate of drug-likeness (QED) is 0.743. The molecule has 0 saturated heterocycles. The molecule has 1 nitrogen and oxygen atoms in total. The van der Waals surface area contributed by atoms with E-state index in [4.69, 9.17) is 0 Å². The van der Waals surface area contributed by atoms with Crippen LogP contribution in [0.15, 0.2) is 0 Å². The van der Waals surface area contributed by atoms with Crippen molar-refractivity contribution in [2.45, 2.75) is 23.9 Å². The van der Waals surface area contributed by atoms with E-state index >= 15 is 0 Å². The van der Waals surface area contributed by atoms with Crippen molar-refractivity contribution >= 4 is 16.9 Å². The monoisotopic (exact) mass is 294 g/mol. The fraction of sp³-hybridized carbons (Fsp3) is 0.833. The summed E-state index contributed by atoms with van der Waals surface area (Å²) in [5, 5.41) is -2.79. The van der Waals surface area contributed by atoms with Gasteiger partial charge < -0.3 is 0 Å². The topological polar surface area (TPSA) is 17.1 Å². The Balaban J connectivity index is 5.63. The highest BCUT2D eigenvalue weighted by molar-refractivity contribution is 8.13. The van der Waals surface area contributed by atoms with Crippen molar-refractivity contribution in [1.82, 2.24) is 0 Å². The van der Waals surface area contributed by atoms with Gasteiger partial charge in [-0.05, 0) is 6.26 Å². The SMILES string of the molecule is CSC(=O)C(F)(F)C(F)(F)C(F)(F)C(F)(F)F. The lowest BCUT2D eigenvalue weighted by molar-refractivity contribution is -0.387. The number of rotatable bonds is 3. The molecule has 0 N–H and O–H groups in total. The van der Waals surface area contributed by atoms with Crippen LogP contribution in [0.3, 0.4) is 0 Å². The van der Waals surface area contributed by atoms with Crippen molar-refractivity contribution in [3.63, 3.8) is 0 Å². The number of hydrogen-bond acceptors (Lipinski definition) is 2. The Morgan fingerprint density at radius 3 is 1.41 bits per heavy atom. The average molecular weight is 294 g/mol. The van der Waals surface area contributed by atoms with Gasteiger partial charge in [0.15, 0.2) is 0 Å². The van der Waals surface area contributed by atoms with Gasteiger partial charge in [-0.3, -0.25) is 4.79 Å². The first-order chi connectivity index (χ1) is 7.23. The molecule has 0 atom stereocenters. The molecule has 0 spiro atoms. The zero-order chi connectivity index (χ0) is 14.3. The van der Waals surface area contributed by atoms with Gasteiger partial charge in [-0.2, -0.15) is 39.5 Å². The van der Waals surface area contributed by atoms with Crippen LogP contribution in [0.25, 0.3) is 0 Å². The molecule has 0 fully saturated rings. The normalized spacial score (nSPS) is 14.9. The van der Waals surface area contributed by atoms with Crippen molar-refractivity contribution in [1.29, 1.82) is 0 Å². The van der Waals surface area contributed by atoms with Crippen LogP contribution in [0.1, 0.15) is 0 Å². The van der Waals surface area contributed by atoms with E-state index in [9.17, 15) is 44.3 Å². The Kier molecular flexibility index (Phi) is 4.10. The number of thioether (sulfide) groups is 1. The lowest BCUT2D eigenvalue weighted by Gasteiger charge is -2.32. The maximum Gasteiger partial charge on any atom is 0.460 e. The third-order valence-electron chi connectivity index (χ3n) is 1.59. The molecule has 0 aromatic rings. The van der Waals surface area contributed by atoms with E-state index in [0.29, 0.717) is 6.26 Å². The number of halogens is 9. The second kappa shape index (κ2) is 4.25. The zero-order valence-corrected chi connectivity index (χ0v) is 8.53. The first kappa shape index (κ1) is 16.4. The third kappa shape index (κ3) is 2.33. The number of alkyl halides is 9. The molecule has 102 valence electrons. The molecule has 0 aliphatic carbocycles. The van der Waals surface area contributed by atoms with E-state index in [1.54, 1.807) is 0 Å². The largest absolute Gasteiger partial charge is 0.460 e. The summed E-state index contributed by atoms with van der Waals surface area (Å²) in [7, 11) is 0. The molecular weight excluding hydrogens is 291 g/mol. The van der Waals surface area contributed by atoms with E-state index in [1.807, 2.05) is 0 Å². The van der Waals surface area contributed by atoms with E-state index in [1.165, 1.54) is 0 Å². The zero-order valence-electron chi connectivity index (χ0n) is 7.72. The standard InChI is InChI=1S/C6H3F9OS/c1-17-2(16)3(7,8)4(9,10)5(11,12)6(13,14)15/h1H3. The number of hydrogen-bond donors (Lipinski definition) is 0. The molecule has 0 amide bonds. The molecule has 0 rings (SSSR count). The van der Waals surface area contributed by atoms with Crippen molar-refractivity contribution in [3.05, 3.63) is 0 Å². The van der Waals surface area contributed by atoms with E-state index in [-0.39, 0.29) is 0 Å². The molecule has 0 aromatic carbocycles. The van der Waals surface area contributed by atoms with Crippen LogP contribution < -0.4 is 0 Å². The predicted octanol–water partition coefficient (Wildman–Crippen LogP) is 3.34. The Morgan fingerprint density at radius 1 is 0.824 bits per heavy atom. The fourth-order valence-electron chi connectivity index (χ4n) is 0.632. The van der Waals surface area contributed by atoms with Crippen molar-refractivity contribution in [2.75, 3.05) is 6.26 Å². The van der Waals surface area contributed by atoms with Crippen LogP contribution in [-0.2, 0) is 4.79 Å². The lowest BCUT2D eigenvalue weighted by atomic mass is 10.1. The van der Waals surface area contributed by atoms with Gasteiger partial charge in [0.2, 0.25) is 0 Å². The lowest BCUT2D eigenvalue weighted by Crippen LogP contribution is -2.62. The fourth-order valence-corrected chi connectivity index (χ4v) is 1.02. The molecule has 11 heteroatoms. The maximum absolute atomic E-state index is 12.5. The number of carbonyl (C=O) groups is 1. The van der Waals surface area contributed by atoms with Crippen LogP contribution >= 0.6 is 11.8 Å². The summed E-state index contributed by atoms with van der Waals surface area (Å²) in [6, 6.07) is 0. The van der Waals surface area contributed by atoms with Gasteiger partial charge in [0, 0.05) is 0 Å². The second-order valence-electron chi connectivity index (χ2n) is 2.71. The minimum absolute atomic E-state index is 0.540. The molecule has 0 heterocycles. The summed E-state index contributed by atoms with van der Waals surface area (Å²) >= 11 is -0.584. The van der Waals surface area contributed by atoms with Crippen LogP contribution in [0, 0.1) is 0 Å². The second-order valence-corrected chi connectivity index (χ2v) is 3.49. The van der Waals surface area contributed by atoms with Crippen molar-refractivity contribution in [3.8, 4) is 0 Å². The minimum Gasteiger partial charge on any atom is -0.280 e. The summed E-state index contributed by atoms with van der Waals surface area (Å²) in [5.41, 5.74) is 0. The summed E-state index contributed by atoms with van der Waals surface area (Å²) in [6.07, 6.45) is -6.36. The van der Waals surface area contributed by atoms with Gasteiger partial charge in [0.1, 0.15) is 0 Å². The van der Waals surface area contributed by atoms with E-state index in [0.717, 1.165) is 0 Å². The summed E-state index contributed by atoms with van der Waals surface area (Å²) in [6.45, 7) is 0. The highest BCUT2D eigenvalue weighted by Gasteiger charge is 2.83. The molecule has 17 heavy (non-hydrogen) atoms. The Hall–Kier alpha value is -0.610. The molecule has 0 aliphatic heterocycles. The molecule has 0 radical (unpaired) electrons. The van der Waals surface area contributed by atoms with Crippen LogP contribution in [0.5, 0.6) is 0 Å². The maximum atomic E-state index is 12.5. The summed E-state index contributed by atoms with van der Waals surface area (Å²) < 4.78 is 109. The van der Waals surface area contributed by atoms with Crippen LogP contribution in [0.4, 0.5) is 39.5 Å². The van der Waals surface area contributed by atoms with Gasteiger partial charge >= 0.3 is 23.9 Å². The Morgan fingerprint density at radius 2 is 1.18 bits per heavy atom. The summed E-state index contributed by atoms with van der Waals surface area (Å²) in [4.78, 5) is 10.3. The first-order valence-corrected chi connectivity index (χ1v) is 4.74. The molecule has 0 unspecified atom stereocenters. The van der Waals surface area contributed by atoms with Crippen LogP contribution in [0.2, 0.25) is 0 Å². The Bertz CT molecular complexity index is 307. The summed E-state index contributed by atoms with van der Waals surface area (Å²) in [5.74, 6) is -20.0. The van der Waals surface area contributed by atoms with Gasteiger partial charge in [0.25, 0.3) is 5.12 Å². The van der Waals surface area contributed by atoms with Gasteiger partial charge in [0.05, 0.1) is 0 Å². The van der Waals surface area contributed by atoms with Gasteiger partial charge in [-0.15, -0.1) is 0 Å². The smallest absolute Gasteiger partial charge is 0.280 e.